The molecule has 0 radical (unpaired) electrons. The fraction of sp³-hybridized carbons (Fsp3) is 0.462. The smallest absolute Gasteiger partial charge is 0.311 e. The Kier molecular flexibility index (Phi) is 3.75. The van der Waals surface area contributed by atoms with Crippen molar-refractivity contribution >= 4 is 21.7 Å². The lowest BCUT2D eigenvalue weighted by Gasteiger charge is -2.18. The van der Waals surface area contributed by atoms with Crippen LogP contribution < -0.4 is 5.32 Å². The largest absolute Gasteiger partial charge is 0.481 e. The Labute approximate surface area is 118 Å². The number of carboxylic acid groups (broad SMARTS) is 1. The second-order valence-corrected chi connectivity index (χ2v) is 7.34. The summed E-state index contributed by atoms with van der Waals surface area (Å²) in [7, 11) is -0.624. The highest BCUT2D eigenvalue weighted by Gasteiger charge is 2.50. The number of nitrogens with zero attached hydrogens (tertiary/aromatic N) is 1. The van der Waals surface area contributed by atoms with E-state index in [0.29, 0.717) is 18.5 Å². The molecule has 1 aliphatic carbocycles. The molecule has 1 fully saturated rings. The number of para-hydroxylation sites is 1. The highest BCUT2D eigenvalue weighted by molar-refractivity contribution is 7.89. The van der Waals surface area contributed by atoms with Gasteiger partial charge in [-0.05, 0) is 25.0 Å². The monoisotopic (exact) mass is 298 g/mol. The molecule has 0 amide bonds. The summed E-state index contributed by atoms with van der Waals surface area (Å²) in [4.78, 5) is 11.3. The van der Waals surface area contributed by atoms with Gasteiger partial charge < -0.3 is 10.4 Å². The molecule has 0 spiro atoms. The molecular formula is C13H18N2O4S. The third-order valence-electron chi connectivity index (χ3n) is 3.57. The van der Waals surface area contributed by atoms with Crippen molar-refractivity contribution in [2.75, 3.05) is 26.0 Å². The van der Waals surface area contributed by atoms with Crippen LogP contribution in [0.2, 0.25) is 0 Å². The van der Waals surface area contributed by atoms with Gasteiger partial charge >= 0.3 is 5.97 Å². The number of benzene rings is 1. The molecule has 0 unspecified atom stereocenters. The topological polar surface area (TPSA) is 86.7 Å². The zero-order chi connectivity index (χ0) is 15.0. The lowest BCUT2D eigenvalue weighted by Crippen LogP contribution is -2.27. The number of nitrogens with one attached hydrogen (secondary N) is 1. The first-order valence-corrected chi connectivity index (χ1v) is 7.72. The SMILES string of the molecule is CN(C)S(=O)(=O)c1ccccc1NCC1(C(=O)O)CC1. The van der Waals surface area contributed by atoms with Crippen LogP contribution in [0, 0.1) is 5.41 Å². The van der Waals surface area contributed by atoms with Gasteiger partial charge in [0.1, 0.15) is 4.90 Å². The van der Waals surface area contributed by atoms with Crippen molar-refractivity contribution in [3.05, 3.63) is 24.3 Å². The van der Waals surface area contributed by atoms with Crippen molar-refractivity contribution in [3.8, 4) is 0 Å². The zero-order valence-corrected chi connectivity index (χ0v) is 12.3. The molecule has 1 saturated carbocycles. The molecule has 0 aromatic heterocycles. The summed E-state index contributed by atoms with van der Waals surface area (Å²) in [5, 5.41) is 12.1. The molecule has 0 aliphatic heterocycles. The molecule has 1 aromatic rings. The predicted molar refractivity (Wildman–Crippen MR) is 75.1 cm³/mol. The zero-order valence-electron chi connectivity index (χ0n) is 11.5. The van der Waals surface area contributed by atoms with Gasteiger partial charge in [-0.1, -0.05) is 12.1 Å². The van der Waals surface area contributed by atoms with Crippen LogP contribution in [-0.2, 0) is 14.8 Å². The molecule has 2 N–H and O–H groups in total. The maximum Gasteiger partial charge on any atom is 0.311 e. The van der Waals surface area contributed by atoms with Crippen LogP contribution in [-0.4, -0.2) is 44.4 Å². The Morgan fingerprint density at radius 1 is 1.35 bits per heavy atom. The molecule has 1 aromatic carbocycles. The van der Waals surface area contributed by atoms with E-state index in [1.165, 1.54) is 20.2 Å². The third kappa shape index (κ3) is 2.64. The normalized spacial score (nSPS) is 16.9. The summed E-state index contributed by atoms with van der Waals surface area (Å²) >= 11 is 0. The molecule has 1 aliphatic rings. The van der Waals surface area contributed by atoms with Crippen LogP contribution in [0.25, 0.3) is 0 Å². The van der Waals surface area contributed by atoms with Gasteiger partial charge in [-0.25, -0.2) is 12.7 Å². The van der Waals surface area contributed by atoms with Gasteiger partial charge in [0.05, 0.1) is 11.1 Å². The van der Waals surface area contributed by atoms with E-state index in [2.05, 4.69) is 5.32 Å². The number of hydrogen-bond acceptors (Lipinski definition) is 4. The standard InChI is InChI=1S/C13H18N2O4S/c1-15(2)20(18,19)11-6-4-3-5-10(11)14-9-13(7-8-13)12(16)17/h3-6,14H,7-9H2,1-2H3,(H,16,17). The van der Waals surface area contributed by atoms with Gasteiger partial charge in [0, 0.05) is 20.6 Å². The quantitative estimate of drug-likeness (QED) is 0.824. The fourth-order valence-corrected chi connectivity index (χ4v) is 2.98. The molecule has 6 nitrogen and oxygen atoms in total. The molecule has 2 rings (SSSR count). The highest BCUT2D eigenvalue weighted by atomic mass is 32.2. The molecule has 110 valence electrons. The minimum absolute atomic E-state index is 0.159. The lowest BCUT2D eigenvalue weighted by atomic mass is 10.1. The first-order chi connectivity index (χ1) is 9.29. The van der Waals surface area contributed by atoms with Gasteiger partial charge in [0.15, 0.2) is 0 Å². The molecule has 0 saturated heterocycles. The number of hydrogen-bond donors (Lipinski definition) is 2. The molecule has 0 heterocycles. The predicted octanol–water partition coefficient (Wildman–Crippen LogP) is 1.21. The van der Waals surface area contributed by atoms with Crippen molar-refractivity contribution in [3.63, 3.8) is 0 Å². The summed E-state index contributed by atoms with van der Waals surface area (Å²) in [5.41, 5.74) is -0.302. The minimum Gasteiger partial charge on any atom is -0.481 e. The fourth-order valence-electron chi connectivity index (χ4n) is 1.92. The summed E-state index contributed by atoms with van der Waals surface area (Å²) < 4.78 is 25.5. The van der Waals surface area contributed by atoms with Crippen molar-refractivity contribution in [2.45, 2.75) is 17.7 Å². The molecule has 20 heavy (non-hydrogen) atoms. The summed E-state index contributed by atoms with van der Waals surface area (Å²) in [6, 6.07) is 6.52. The van der Waals surface area contributed by atoms with E-state index in [-0.39, 0.29) is 11.4 Å². The van der Waals surface area contributed by atoms with Crippen molar-refractivity contribution in [1.82, 2.24) is 4.31 Å². The van der Waals surface area contributed by atoms with Crippen LogP contribution in [0.15, 0.2) is 29.2 Å². The Morgan fingerprint density at radius 2 is 1.95 bits per heavy atom. The van der Waals surface area contributed by atoms with E-state index >= 15 is 0 Å². The summed E-state index contributed by atoms with van der Waals surface area (Å²) in [5.74, 6) is -0.835. The first kappa shape index (κ1) is 14.8. The molecule has 7 heteroatoms. The Morgan fingerprint density at radius 3 is 2.45 bits per heavy atom. The van der Waals surface area contributed by atoms with Gasteiger partial charge in [-0.2, -0.15) is 0 Å². The average Bonchev–Trinajstić information content (AvgIpc) is 3.17. The molecule has 0 bridgehead atoms. The lowest BCUT2D eigenvalue weighted by molar-refractivity contribution is -0.142. The van der Waals surface area contributed by atoms with E-state index in [1.807, 2.05) is 0 Å². The van der Waals surface area contributed by atoms with E-state index in [9.17, 15) is 13.2 Å². The Hall–Kier alpha value is -1.60. The van der Waals surface area contributed by atoms with E-state index in [0.717, 1.165) is 4.31 Å². The first-order valence-electron chi connectivity index (χ1n) is 6.28. The van der Waals surface area contributed by atoms with Gasteiger partial charge in [-0.15, -0.1) is 0 Å². The van der Waals surface area contributed by atoms with Gasteiger partial charge in [0.25, 0.3) is 0 Å². The Bertz CT molecular complexity index is 621. The number of carbonyl (C=O) groups is 1. The second kappa shape index (κ2) is 5.06. The van der Waals surface area contributed by atoms with E-state index in [4.69, 9.17) is 5.11 Å². The van der Waals surface area contributed by atoms with Gasteiger partial charge in [0.2, 0.25) is 10.0 Å². The maximum absolute atomic E-state index is 12.2. The maximum atomic E-state index is 12.2. The van der Waals surface area contributed by atoms with Crippen molar-refractivity contribution < 1.29 is 18.3 Å². The number of rotatable bonds is 6. The van der Waals surface area contributed by atoms with Crippen LogP contribution >= 0.6 is 0 Å². The van der Waals surface area contributed by atoms with Crippen LogP contribution in [0.3, 0.4) is 0 Å². The number of sulfonamides is 1. The van der Waals surface area contributed by atoms with Crippen LogP contribution in [0.1, 0.15) is 12.8 Å². The third-order valence-corrected chi connectivity index (χ3v) is 5.44. The number of aliphatic carboxylic acids is 1. The van der Waals surface area contributed by atoms with Crippen molar-refractivity contribution in [1.29, 1.82) is 0 Å². The molecular weight excluding hydrogens is 280 g/mol. The second-order valence-electron chi connectivity index (χ2n) is 5.22. The highest BCUT2D eigenvalue weighted by Crippen LogP contribution is 2.46. The average molecular weight is 298 g/mol. The van der Waals surface area contributed by atoms with E-state index in [1.54, 1.807) is 18.2 Å². The summed E-state index contributed by atoms with van der Waals surface area (Å²) in [6.45, 7) is 0.238. The van der Waals surface area contributed by atoms with Gasteiger partial charge in [-0.3, -0.25) is 4.79 Å². The molecule has 0 atom stereocenters. The Balaban J connectivity index is 2.24. The number of carboxylic acids is 1. The minimum atomic E-state index is -3.55. The van der Waals surface area contributed by atoms with E-state index < -0.39 is 21.4 Å². The number of anilines is 1. The van der Waals surface area contributed by atoms with Crippen LogP contribution in [0.4, 0.5) is 5.69 Å². The van der Waals surface area contributed by atoms with Crippen molar-refractivity contribution in [2.24, 2.45) is 5.41 Å². The summed E-state index contributed by atoms with van der Waals surface area (Å²) in [6.07, 6.45) is 1.25. The van der Waals surface area contributed by atoms with Crippen LogP contribution in [0.5, 0.6) is 0 Å².